The molecule has 0 bridgehead atoms. The van der Waals surface area contributed by atoms with Gasteiger partial charge in [0.05, 0.1) is 5.60 Å². The van der Waals surface area contributed by atoms with Gasteiger partial charge in [-0.25, -0.2) is 0 Å². The highest BCUT2D eigenvalue weighted by molar-refractivity contribution is 5.78. The number of ether oxygens (including phenoxy) is 1. The normalized spacial score (nSPS) is 35.2. The highest BCUT2D eigenvalue weighted by atomic mass is 16.5. The minimum absolute atomic E-state index is 0.0203. The van der Waals surface area contributed by atoms with Crippen LogP contribution in [0.3, 0.4) is 0 Å². The van der Waals surface area contributed by atoms with Gasteiger partial charge in [-0.1, -0.05) is 13.8 Å². The van der Waals surface area contributed by atoms with Crippen molar-refractivity contribution in [1.82, 2.24) is 4.90 Å². The molecule has 0 radical (unpaired) electrons. The average Bonchev–Trinajstić information content (AvgIpc) is 2.32. The molecule has 0 aromatic heterocycles. The van der Waals surface area contributed by atoms with Crippen molar-refractivity contribution in [1.29, 1.82) is 0 Å². The number of hydrogen-bond donors (Lipinski definition) is 1. The van der Waals surface area contributed by atoms with Gasteiger partial charge in [0.15, 0.2) is 0 Å². The lowest BCUT2D eigenvalue weighted by Crippen LogP contribution is -2.69. The van der Waals surface area contributed by atoms with E-state index in [0.717, 1.165) is 25.7 Å². The van der Waals surface area contributed by atoms with E-state index in [2.05, 4.69) is 20.8 Å². The Morgan fingerprint density at radius 2 is 1.95 bits per heavy atom. The van der Waals surface area contributed by atoms with Crippen LogP contribution in [0.2, 0.25) is 0 Å². The Kier molecular flexibility index (Phi) is 3.47. The number of nitrogens with two attached hydrogens (primary N) is 1. The monoisotopic (exact) mass is 268 g/mol. The second kappa shape index (κ2) is 4.45. The van der Waals surface area contributed by atoms with Gasteiger partial charge in [-0.05, 0) is 32.6 Å². The maximum atomic E-state index is 12.4. The lowest BCUT2D eigenvalue weighted by atomic mass is 9.55. The second-order valence-electron chi connectivity index (χ2n) is 7.27. The zero-order chi connectivity index (χ0) is 14.5. The third-order valence-corrected chi connectivity index (χ3v) is 5.94. The van der Waals surface area contributed by atoms with Gasteiger partial charge in [-0.15, -0.1) is 0 Å². The maximum absolute atomic E-state index is 12.4. The third kappa shape index (κ3) is 2.19. The van der Waals surface area contributed by atoms with Crippen LogP contribution in [0.15, 0.2) is 0 Å². The van der Waals surface area contributed by atoms with Crippen LogP contribution < -0.4 is 5.73 Å². The number of methoxy groups -OCH3 is 1. The van der Waals surface area contributed by atoms with Crippen molar-refractivity contribution in [2.75, 3.05) is 14.2 Å². The number of amides is 1. The van der Waals surface area contributed by atoms with Gasteiger partial charge >= 0.3 is 0 Å². The molecule has 0 heterocycles. The van der Waals surface area contributed by atoms with E-state index in [0.29, 0.717) is 6.42 Å². The Morgan fingerprint density at radius 3 is 2.32 bits per heavy atom. The van der Waals surface area contributed by atoms with Crippen LogP contribution in [0, 0.1) is 5.41 Å². The lowest BCUT2D eigenvalue weighted by molar-refractivity contribution is -0.207. The van der Waals surface area contributed by atoms with Gasteiger partial charge in [0.25, 0.3) is 0 Å². The molecule has 2 aliphatic carbocycles. The minimum atomic E-state index is -0.232. The zero-order valence-corrected chi connectivity index (χ0v) is 13.0. The Balaban J connectivity index is 1.98. The average molecular weight is 268 g/mol. The summed E-state index contributed by atoms with van der Waals surface area (Å²) in [5, 5.41) is 0. The fourth-order valence-electron chi connectivity index (χ4n) is 3.48. The fraction of sp³-hybridized carbons (Fsp3) is 0.933. The predicted octanol–water partition coefficient (Wildman–Crippen LogP) is 1.92. The summed E-state index contributed by atoms with van der Waals surface area (Å²) in [6, 6.07) is 0.244. The van der Waals surface area contributed by atoms with E-state index in [1.165, 1.54) is 0 Å². The summed E-state index contributed by atoms with van der Waals surface area (Å²) in [5.41, 5.74) is 5.79. The Labute approximate surface area is 116 Å². The molecule has 0 spiro atoms. The molecule has 4 heteroatoms. The van der Waals surface area contributed by atoms with Crippen LogP contribution in [-0.4, -0.2) is 42.1 Å². The molecule has 0 aromatic carbocycles. The molecular formula is C15H28N2O2. The molecule has 110 valence electrons. The smallest absolute Gasteiger partial charge is 0.224 e. The standard InChI is InChI=1S/C15H28N2O2/c1-13(2)11(9-14(13,3)19-5)17(4)12(18)10-15(16)7-6-8-15/h11H,6-10,16H2,1-5H3/t11-,14-/m1/s1. The molecule has 19 heavy (non-hydrogen) atoms. The van der Waals surface area contributed by atoms with E-state index in [9.17, 15) is 4.79 Å². The van der Waals surface area contributed by atoms with Gasteiger partial charge < -0.3 is 15.4 Å². The predicted molar refractivity (Wildman–Crippen MR) is 75.8 cm³/mol. The van der Waals surface area contributed by atoms with E-state index in [1.807, 2.05) is 11.9 Å². The van der Waals surface area contributed by atoms with Crippen molar-refractivity contribution in [3.8, 4) is 0 Å². The minimum Gasteiger partial charge on any atom is -0.378 e. The van der Waals surface area contributed by atoms with Crippen molar-refractivity contribution >= 4 is 5.91 Å². The van der Waals surface area contributed by atoms with Crippen LogP contribution in [0.25, 0.3) is 0 Å². The van der Waals surface area contributed by atoms with E-state index in [1.54, 1.807) is 7.11 Å². The van der Waals surface area contributed by atoms with Crippen molar-refractivity contribution < 1.29 is 9.53 Å². The second-order valence-corrected chi connectivity index (χ2v) is 7.27. The molecule has 2 fully saturated rings. The van der Waals surface area contributed by atoms with E-state index < -0.39 is 0 Å². The van der Waals surface area contributed by atoms with Gasteiger partial charge in [0, 0.05) is 37.6 Å². The molecule has 0 aromatic rings. The first-order valence-corrected chi connectivity index (χ1v) is 7.25. The molecule has 2 rings (SSSR count). The van der Waals surface area contributed by atoms with Gasteiger partial charge in [-0.3, -0.25) is 4.79 Å². The summed E-state index contributed by atoms with van der Waals surface area (Å²) < 4.78 is 5.62. The molecule has 0 saturated heterocycles. The Morgan fingerprint density at radius 1 is 1.37 bits per heavy atom. The van der Waals surface area contributed by atoms with E-state index in [-0.39, 0.29) is 28.5 Å². The van der Waals surface area contributed by atoms with Crippen LogP contribution in [0.4, 0.5) is 0 Å². The van der Waals surface area contributed by atoms with E-state index >= 15 is 0 Å². The first-order chi connectivity index (χ1) is 8.65. The summed E-state index contributed by atoms with van der Waals surface area (Å²) in [6.07, 6.45) is 4.51. The topological polar surface area (TPSA) is 55.6 Å². The van der Waals surface area contributed by atoms with Gasteiger partial charge in [-0.2, -0.15) is 0 Å². The first kappa shape index (κ1) is 14.8. The first-order valence-electron chi connectivity index (χ1n) is 7.25. The van der Waals surface area contributed by atoms with Crippen molar-refractivity contribution in [3.63, 3.8) is 0 Å². The lowest BCUT2D eigenvalue weighted by Gasteiger charge is -2.61. The molecule has 2 saturated carbocycles. The molecule has 2 N–H and O–H groups in total. The van der Waals surface area contributed by atoms with Gasteiger partial charge in [0.2, 0.25) is 5.91 Å². The molecule has 4 nitrogen and oxygen atoms in total. The van der Waals surface area contributed by atoms with Crippen molar-refractivity contribution in [2.24, 2.45) is 11.1 Å². The van der Waals surface area contributed by atoms with E-state index in [4.69, 9.17) is 10.5 Å². The molecule has 0 unspecified atom stereocenters. The fourth-order valence-corrected chi connectivity index (χ4v) is 3.48. The quantitative estimate of drug-likeness (QED) is 0.847. The van der Waals surface area contributed by atoms with Crippen LogP contribution in [0.5, 0.6) is 0 Å². The number of hydrogen-bond acceptors (Lipinski definition) is 3. The van der Waals surface area contributed by atoms with Gasteiger partial charge in [0.1, 0.15) is 0 Å². The maximum Gasteiger partial charge on any atom is 0.224 e. The van der Waals surface area contributed by atoms with Crippen LogP contribution >= 0.6 is 0 Å². The summed E-state index contributed by atoms with van der Waals surface area (Å²) in [5.74, 6) is 0.179. The molecular weight excluding hydrogens is 240 g/mol. The summed E-state index contributed by atoms with van der Waals surface area (Å²) in [7, 11) is 3.66. The largest absolute Gasteiger partial charge is 0.378 e. The number of rotatable bonds is 4. The molecule has 1 amide bonds. The number of carbonyl (C=O) groups is 1. The molecule has 2 atom stereocenters. The van der Waals surface area contributed by atoms with Crippen LogP contribution in [-0.2, 0) is 9.53 Å². The summed E-state index contributed by atoms with van der Waals surface area (Å²) in [4.78, 5) is 14.3. The zero-order valence-electron chi connectivity index (χ0n) is 13.0. The molecule has 0 aliphatic heterocycles. The SMILES string of the molecule is CO[C@]1(C)C[C@@H](N(C)C(=O)CC2(N)CCC2)C1(C)C. The summed E-state index contributed by atoms with van der Waals surface area (Å²) in [6.45, 7) is 6.48. The van der Waals surface area contributed by atoms with Crippen molar-refractivity contribution in [2.45, 2.75) is 70.1 Å². The third-order valence-electron chi connectivity index (χ3n) is 5.94. The highest BCUT2D eigenvalue weighted by Gasteiger charge is 2.60. The Hall–Kier alpha value is -0.610. The number of nitrogens with zero attached hydrogens (tertiary/aromatic N) is 1. The molecule has 2 aliphatic rings. The number of carbonyl (C=O) groups excluding carboxylic acids is 1. The van der Waals surface area contributed by atoms with Crippen molar-refractivity contribution in [3.05, 3.63) is 0 Å². The Bertz CT molecular complexity index is 376. The summed E-state index contributed by atoms with van der Waals surface area (Å²) >= 11 is 0. The highest BCUT2D eigenvalue weighted by Crippen LogP contribution is 2.53. The van der Waals surface area contributed by atoms with Crippen LogP contribution in [0.1, 0.15) is 52.9 Å².